The van der Waals surface area contributed by atoms with Crippen LogP contribution in [0.2, 0.25) is 0 Å². The second kappa shape index (κ2) is 9.70. The van der Waals surface area contributed by atoms with E-state index >= 15 is 0 Å². The minimum atomic E-state index is -0.527. The van der Waals surface area contributed by atoms with Crippen molar-refractivity contribution in [2.75, 3.05) is 13.2 Å². The summed E-state index contributed by atoms with van der Waals surface area (Å²) in [5, 5.41) is 8.94. The molecule has 3 rings (SSSR count). The van der Waals surface area contributed by atoms with Gasteiger partial charge in [-0.2, -0.15) is 5.26 Å². The van der Waals surface area contributed by atoms with Gasteiger partial charge in [-0.05, 0) is 74.9 Å². The molecule has 0 spiro atoms. The van der Waals surface area contributed by atoms with Gasteiger partial charge in [0.25, 0.3) is 0 Å². The number of nitrogens with zero attached hydrogens (tertiary/aromatic N) is 2. The van der Waals surface area contributed by atoms with E-state index in [1.54, 1.807) is 4.90 Å². The van der Waals surface area contributed by atoms with Crippen LogP contribution in [0.4, 0.5) is 4.79 Å². The molecule has 0 bridgehead atoms. The lowest BCUT2D eigenvalue weighted by atomic mass is 10.0. The van der Waals surface area contributed by atoms with Gasteiger partial charge in [-0.1, -0.05) is 30.3 Å². The Kier molecular flexibility index (Phi) is 7.02. The molecule has 31 heavy (non-hydrogen) atoms. The van der Waals surface area contributed by atoms with E-state index in [2.05, 4.69) is 12.6 Å². The zero-order chi connectivity index (χ0) is 22.4. The van der Waals surface area contributed by atoms with Gasteiger partial charge >= 0.3 is 6.09 Å². The first-order chi connectivity index (χ1) is 14.8. The van der Waals surface area contributed by atoms with E-state index in [-0.39, 0.29) is 12.1 Å². The van der Waals surface area contributed by atoms with E-state index < -0.39 is 5.60 Å². The second-order valence-electron chi connectivity index (χ2n) is 8.94. The third-order valence-electron chi connectivity index (χ3n) is 5.27. The molecule has 0 aliphatic carbocycles. The number of hydrogen-bond donors (Lipinski definition) is 0. The first-order valence-corrected chi connectivity index (χ1v) is 10.6. The van der Waals surface area contributed by atoms with Crippen molar-refractivity contribution in [2.24, 2.45) is 5.92 Å². The van der Waals surface area contributed by atoms with Crippen molar-refractivity contribution in [3.63, 3.8) is 0 Å². The zero-order valence-electron chi connectivity index (χ0n) is 18.5. The number of nitriles is 1. The molecule has 0 aromatic heterocycles. The van der Waals surface area contributed by atoms with E-state index in [1.165, 1.54) is 0 Å². The molecule has 1 saturated heterocycles. The van der Waals surface area contributed by atoms with Gasteiger partial charge in [0.2, 0.25) is 0 Å². The van der Waals surface area contributed by atoms with Crippen LogP contribution < -0.4 is 4.74 Å². The summed E-state index contributed by atoms with van der Waals surface area (Å²) in [6.07, 6.45) is 3.36. The average Bonchev–Trinajstić information content (AvgIpc) is 3.15. The summed E-state index contributed by atoms with van der Waals surface area (Å²) in [4.78, 5) is 14.5. The Balaban J connectivity index is 1.64. The topological polar surface area (TPSA) is 62.6 Å². The van der Waals surface area contributed by atoms with Crippen LogP contribution in [0, 0.1) is 17.2 Å². The molecule has 5 nitrogen and oxygen atoms in total. The summed E-state index contributed by atoms with van der Waals surface area (Å²) in [5.74, 6) is 1.13. The van der Waals surface area contributed by atoms with E-state index in [4.69, 9.17) is 14.7 Å². The Morgan fingerprint density at radius 1 is 1.16 bits per heavy atom. The van der Waals surface area contributed by atoms with Crippen molar-refractivity contribution < 1.29 is 14.3 Å². The lowest BCUT2D eigenvalue weighted by molar-refractivity contribution is 0.0183. The van der Waals surface area contributed by atoms with E-state index in [0.717, 1.165) is 29.7 Å². The molecule has 1 aliphatic rings. The smallest absolute Gasteiger partial charge is 0.410 e. The van der Waals surface area contributed by atoms with Crippen LogP contribution in [0.5, 0.6) is 5.75 Å². The van der Waals surface area contributed by atoms with Crippen molar-refractivity contribution >= 4 is 6.09 Å². The van der Waals surface area contributed by atoms with Gasteiger partial charge in [-0.15, -0.1) is 6.58 Å². The number of rotatable bonds is 6. The predicted molar refractivity (Wildman–Crippen MR) is 122 cm³/mol. The third-order valence-corrected chi connectivity index (χ3v) is 5.27. The Bertz CT molecular complexity index is 937. The fraction of sp³-hybridized carbons (Fsp3) is 0.385. The lowest BCUT2D eigenvalue weighted by Crippen LogP contribution is -2.42. The van der Waals surface area contributed by atoms with Gasteiger partial charge in [0.05, 0.1) is 17.7 Å². The highest BCUT2D eigenvalue weighted by molar-refractivity contribution is 5.69. The van der Waals surface area contributed by atoms with Gasteiger partial charge in [0.1, 0.15) is 18.0 Å². The van der Waals surface area contributed by atoms with Gasteiger partial charge in [-0.3, -0.25) is 0 Å². The number of allylic oxidation sites excluding steroid dienone is 1. The zero-order valence-corrected chi connectivity index (χ0v) is 18.5. The summed E-state index contributed by atoms with van der Waals surface area (Å²) in [6.45, 7) is 10.5. The minimum Gasteiger partial charge on any atom is -0.491 e. The molecule has 2 atom stereocenters. The number of likely N-dealkylation sites (tertiary alicyclic amines) is 1. The number of benzene rings is 2. The first kappa shape index (κ1) is 22.4. The molecule has 0 radical (unpaired) electrons. The molecule has 162 valence electrons. The minimum absolute atomic E-state index is 0.0296. The molecule has 1 heterocycles. The summed E-state index contributed by atoms with van der Waals surface area (Å²) in [6, 6.07) is 17.5. The third kappa shape index (κ3) is 6.11. The molecule has 5 heteroatoms. The van der Waals surface area contributed by atoms with Gasteiger partial charge in [0, 0.05) is 6.54 Å². The number of carbonyl (C=O) groups excluding carboxylic acids is 1. The van der Waals surface area contributed by atoms with Gasteiger partial charge in [-0.25, -0.2) is 4.79 Å². The first-order valence-electron chi connectivity index (χ1n) is 10.6. The van der Waals surface area contributed by atoms with Crippen molar-refractivity contribution in [3.8, 4) is 22.9 Å². The molecular formula is C26H30N2O3. The molecule has 1 amide bonds. The fourth-order valence-electron chi connectivity index (χ4n) is 3.80. The second-order valence-corrected chi connectivity index (χ2v) is 8.94. The van der Waals surface area contributed by atoms with Gasteiger partial charge < -0.3 is 14.4 Å². The Morgan fingerprint density at radius 3 is 2.32 bits per heavy atom. The normalized spacial score (nSPS) is 18.3. The van der Waals surface area contributed by atoms with Crippen molar-refractivity contribution in [1.82, 2.24) is 4.90 Å². The number of ether oxygens (including phenoxy) is 2. The number of carbonyl (C=O) groups is 1. The Morgan fingerprint density at radius 2 is 1.77 bits per heavy atom. The molecular weight excluding hydrogens is 388 g/mol. The Hall–Kier alpha value is -3.26. The molecule has 2 aromatic carbocycles. The van der Waals surface area contributed by atoms with Crippen LogP contribution in [-0.2, 0) is 4.74 Å². The van der Waals surface area contributed by atoms with E-state index in [1.807, 2.05) is 75.4 Å². The molecule has 1 fully saturated rings. The molecule has 0 N–H and O–H groups in total. The van der Waals surface area contributed by atoms with Gasteiger partial charge in [0.15, 0.2) is 0 Å². The van der Waals surface area contributed by atoms with Crippen LogP contribution >= 0.6 is 0 Å². The highest BCUT2D eigenvalue weighted by atomic mass is 16.6. The predicted octanol–water partition coefficient (Wildman–Crippen LogP) is 5.81. The van der Waals surface area contributed by atoms with E-state index in [0.29, 0.717) is 24.6 Å². The maximum Gasteiger partial charge on any atom is 0.410 e. The van der Waals surface area contributed by atoms with Crippen LogP contribution in [0.3, 0.4) is 0 Å². The summed E-state index contributed by atoms with van der Waals surface area (Å²) in [7, 11) is 0. The maximum atomic E-state index is 12.7. The van der Waals surface area contributed by atoms with Crippen LogP contribution in [0.25, 0.3) is 11.1 Å². The molecule has 1 aliphatic heterocycles. The highest BCUT2D eigenvalue weighted by Crippen LogP contribution is 2.29. The molecule has 0 unspecified atom stereocenters. The summed E-state index contributed by atoms with van der Waals surface area (Å²) < 4.78 is 11.6. The number of hydrogen-bond acceptors (Lipinski definition) is 4. The van der Waals surface area contributed by atoms with Crippen LogP contribution in [0.1, 0.15) is 39.2 Å². The van der Waals surface area contributed by atoms with Crippen LogP contribution in [-0.4, -0.2) is 35.8 Å². The largest absolute Gasteiger partial charge is 0.491 e. The summed E-state index contributed by atoms with van der Waals surface area (Å²) >= 11 is 0. The quantitative estimate of drug-likeness (QED) is 0.556. The van der Waals surface area contributed by atoms with Crippen molar-refractivity contribution in [1.29, 1.82) is 5.26 Å². The maximum absolute atomic E-state index is 12.7. The van der Waals surface area contributed by atoms with Crippen LogP contribution in [0.15, 0.2) is 61.2 Å². The van der Waals surface area contributed by atoms with Crippen molar-refractivity contribution in [3.05, 3.63) is 66.7 Å². The average molecular weight is 419 g/mol. The monoisotopic (exact) mass is 418 g/mol. The molecule has 0 saturated carbocycles. The SMILES string of the molecule is C=CC[C@@H]1C[C@@H](COc2ccc(-c3ccc(C#N)cc3)cc2)N(C(=O)OC(C)(C)C)C1. The van der Waals surface area contributed by atoms with E-state index in [9.17, 15) is 4.79 Å². The number of amides is 1. The summed E-state index contributed by atoms with van der Waals surface area (Å²) in [5.41, 5.74) is 2.22. The highest BCUT2D eigenvalue weighted by Gasteiger charge is 2.37. The lowest BCUT2D eigenvalue weighted by Gasteiger charge is -2.28. The fourth-order valence-corrected chi connectivity index (χ4v) is 3.80. The Labute approximate surface area is 184 Å². The molecule has 2 aromatic rings. The van der Waals surface area contributed by atoms with Crippen molar-refractivity contribution in [2.45, 2.75) is 45.3 Å². The standard InChI is InChI=1S/C26H30N2O3/c1-5-6-20-15-23(28(17-20)25(29)31-26(2,3)4)18-30-24-13-11-22(12-14-24)21-9-7-19(16-27)8-10-21/h5,7-14,20,23H,1,6,15,17-18H2,2-4H3/t20-,23+/m1/s1.